The molecule has 0 unspecified atom stereocenters. The summed E-state index contributed by atoms with van der Waals surface area (Å²) in [6, 6.07) is 6.01. The molecular formula is C12H17ClN2. The molecule has 0 saturated heterocycles. The van der Waals surface area contributed by atoms with Crippen LogP contribution in [0, 0.1) is 0 Å². The van der Waals surface area contributed by atoms with Gasteiger partial charge in [-0.05, 0) is 37.0 Å². The zero-order chi connectivity index (χ0) is 11.1. The third-order valence-electron chi connectivity index (χ3n) is 3.00. The first-order valence-electron chi connectivity index (χ1n) is 5.25. The Bertz CT molecular complexity index is 370. The highest BCUT2D eigenvalue weighted by Crippen LogP contribution is 2.39. The van der Waals surface area contributed by atoms with Gasteiger partial charge < -0.3 is 10.6 Å². The molecule has 1 aliphatic rings. The standard InChI is InChI=1S/C12H17ClN2/c1-15(2)11-5-3-4-10(13)9(11)8-12(14)6-7-12/h3-5H,6-8,14H2,1-2H3. The molecule has 82 valence electrons. The molecule has 0 aromatic heterocycles. The van der Waals surface area contributed by atoms with Crippen LogP contribution in [0.25, 0.3) is 0 Å². The van der Waals surface area contributed by atoms with Gasteiger partial charge in [0.15, 0.2) is 0 Å². The normalized spacial score (nSPS) is 17.6. The summed E-state index contributed by atoms with van der Waals surface area (Å²) in [5, 5.41) is 0.831. The van der Waals surface area contributed by atoms with Gasteiger partial charge in [0.25, 0.3) is 0 Å². The SMILES string of the molecule is CN(C)c1cccc(Cl)c1CC1(N)CC1. The molecule has 1 saturated carbocycles. The Morgan fingerprint density at radius 1 is 1.40 bits per heavy atom. The maximum Gasteiger partial charge on any atom is 0.0459 e. The van der Waals surface area contributed by atoms with E-state index < -0.39 is 0 Å². The van der Waals surface area contributed by atoms with Crippen molar-refractivity contribution in [3.8, 4) is 0 Å². The number of hydrogen-bond acceptors (Lipinski definition) is 2. The molecule has 1 aliphatic carbocycles. The Labute approximate surface area is 96.0 Å². The first-order valence-corrected chi connectivity index (χ1v) is 5.63. The van der Waals surface area contributed by atoms with Crippen LogP contribution in [0.5, 0.6) is 0 Å². The summed E-state index contributed by atoms with van der Waals surface area (Å²) in [5.41, 5.74) is 8.51. The third-order valence-corrected chi connectivity index (χ3v) is 3.35. The Balaban J connectivity index is 2.34. The highest BCUT2D eigenvalue weighted by Gasteiger charge is 2.39. The van der Waals surface area contributed by atoms with Crippen molar-refractivity contribution in [1.29, 1.82) is 0 Å². The van der Waals surface area contributed by atoms with Crippen LogP contribution in [0.3, 0.4) is 0 Å². The molecule has 15 heavy (non-hydrogen) atoms. The molecule has 0 radical (unpaired) electrons. The molecule has 0 spiro atoms. The van der Waals surface area contributed by atoms with Crippen molar-refractivity contribution in [2.75, 3.05) is 19.0 Å². The topological polar surface area (TPSA) is 29.3 Å². The van der Waals surface area contributed by atoms with Crippen LogP contribution in [0.1, 0.15) is 18.4 Å². The maximum absolute atomic E-state index is 6.23. The van der Waals surface area contributed by atoms with E-state index in [1.54, 1.807) is 0 Å². The van der Waals surface area contributed by atoms with Crippen LogP contribution in [0.15, 0.2) is 18.2 Å². The molecule has 0 atom stereocenters. The maximum atomic E-state index is 6.23. The molecule has 0 heterocycles. The van der Waals surface area contributed by atoms with Gasteiger partial charge in [-0.15, -0.1) is 0 Å². The van der Waals surface area contributed by atoms with Gasteiger partial charge in [0, 0.05) is 30.3 Å². The predicted octanol–water partition coefficient (Wildman–Crippen LogP) is 2.44. The van der Waals surface area contributed by atoms with Crippen LogP contribution in [-0.2, 0) is 6.42 Å². The third kappa shape index (κ3) is 2.27. The molecule has 1 aromatic carbocycles. The highest BCUT2D eigenvalue weighted by molar-refractivity contribution is 6.31. The second kappa shape index (κ2) is 3.69. The van der Waals surface area contributed by atoms with Crippen LogP contribution < -0.4 is 10.6 Å². The molecule has 2 nitrogen and oxygen atoms in total. The van der Waals surface area contributed by atoms with E-state index in [1.165, 1.54) is 11.3 Å². The monoisotopic (exact) mass is 224 g/mol. The van der Waals surface area contributed by atoms with Crippen LogP contribution in [0.4, 0.5) is 5.69 Å². The number of rotatable bonds is 3. The van der Waals surface area contributed by atoms with Crippen molar-refractivity contribution in [1.82, 2.24) is 0 Å². The summed E-state index contributed by atoms with van der Waals surface area (Å²) in [6.07, 6.45) is 3.12. The van der Waals surface area contributed by atoms with Crippen LogP contribution in [0.2, 0.25) is 5.02 Å². The van der Waals surface area contributed by atoms with Crippen molar-refractivity contribution >= 4 is 17.3 Å². The van der Waals surface area contributed by atoms with Crippen molar-refractivity contribution < 1.29 is 0 Å². The van der Waals surface area contributed by atoms with E-state index in [2.05, 4.69) is 11.0 Å². The predicted molar refractivity (Wildman–Crippen MR) is 65.6 cm³/mol. The average molecular weight is 225 g/mol. The molecule has 3 heteroatoms. The van der Waals surface area contributed by atoms with Gasteiger partial charge in [-0.2, -0.15) is 0 Å². The van der Waals surface area contributed by atoms with Gasteiger partial charge in [-0.1, -0.05) is 17.7 Å². The van der Waals surface area contributed by atoms with E-state index in [4.69, 9.17) is 17.3 Å². The minimum Gasteiger partial charge on any atom is -0.377 e. The average Bonchev–Trinajstić information content (AvgIpc) is 2.87. The summed E-state index contributed by atoms with van der Waals surface area (Å²) in [4.78, 5) is 2.09. The molecule has 0 bridgehead atoms. The fourth-order valence-electron chi connectivity index (χ4n) is 1.83. The van der Waals surface area contributed by atoms with Crippen LogP contribution >= 0.6 is 11.6 Å². The van der Waals surface area contributed by atoms with Crippen molar-refractivity contribution in [3.63, 3.8) is 0 Å². The lowest BCUT2D eigenvalue weighted by atomic mass is 10.0. The molecular weight excluding hydrogens is 208 g/mol. The number of nitrogens with two attached hydrogens (primary N) is 1. The quantitative estimate of drug-likeness (QED) is 0.855. The molecule has 2 N–H and O–H groups in total. The van der Waals surface area contributed by atoms with E-state index in [0.29, 0.717) is 0 Å². The second-order valence-electron chi connectivity index (χ2n) is 4.67. The fraction of sp³-hybridized carbons (Fsp3) is 0.500. The molecule has 1 fully saturated rings. The fourth-order valence-corrected chi connectivity index (χ4v) is 2.07. The van der Waals surface area contributed by atoms with E-state index in [0.717, 1.165) is 24.3 Å². The van der Waals surface area contributed by atoms with E-state index in [-0.39, 0.29) is 5.54 Å². The van der Waals surface area contributed by atoms with Crippen molar-refractivity contribution in [3.05, 3.63) is 28.8 Å². The number of benzene rings is 1. The summed E-state index contributed by atoms with van der Waals surface area (Å²) >= 11 is 6.23. The minimum absolute atomic E-state index is 0.00968. The summed E-state index contributed by atoms with van der Waals surface area (Å²) in [7, 11) is 4.07. The van der Waals surface area contributed by atoms with Gasteiger partial charge in [0.1, 0.15) is 0 Å². The van der Waals surface area contributed by atoms with Crippen LogP contribution in [-0.4, -0.2) is 19.6 Å². The number of hydrogen-bond donors (Lipinski definition) is 1. The molecule has 0 aliphatic heterocycles. The van der Waals surface area contributed by atoms with Crippen molar-refractivity contribution in [2.24, 2.45) is 5.73 Å². The highest BCUT2D eigenvalue weighted by atomic mass is 35.5. The van der Waals surface area contributed by atoms with Gasteiger partial charge >= 0.3 is 0 Å². The summed E-state index contributed by atoms with van der Waals surface area (Å²) in [6.45, 7) is 0. The lowest BCUT2D eigenvalue weighted by molar-refractivity contribution is 0.671. The Hall–Kier alpha value is -0.730. The Kier molecular flexibility index (Phi) is 2.65. The van der Waals surface area contributed by atoms with Crippen molar-refractivity contribution in [2.45, 2.75) is 24.8 Å². The zero-order valence-electron chi connectivity index (χ0n) is 9.26. The zero-order valence-corrected chi connectivity index (χ0v) is 10.0. The Morgan fingerprint density at radius 3 is 2.60 bits per heavy atom. The van der Waals surface area contributed by atoms with E-state index >= 15 is 0 Å². The van der Waals surface area contributed by atoms with Gasteiger partial charge in [-0.3, -0.25) is 0 Å². The first kappa shape index (κ1) is 10.8. The number of halogens is 1. The molecule has 2 rings (SSSR count). The lowest BCUT2D eigenvalue weighted by Crippen LogP contribution is -2.26. The van der Waals surface area contributed by atoms with Gasteiger partial charge in [-0.25, -0.2) is 0 Å². The first-order chi connectivity index (χ1) is 7.02. The number of nitrogens with zero attached hydrogens (tertiary/aromatic N) is 1. The summed E-state index contributed by atoms with van der Waals surface area (Å²) in [5.74, 6) is 0. The molecule has 0 amide bonds. The number of anilines is 1. The largest absolute Gasteiger partial charge is 0.377 e. The minimum atomic E-state index is 0.00968. The Morgan fingerprint density at radius 2 is 2.07 bits per heavy atom. The van der Waals surface area contributed by atoms with E-state index in [1.807, 2.05) is 26.2 Å². The summed E-state index contributed by atoms with van der Waals surface area (Å²) < 4.78 is 0. The lowest BCUT2D eigenvalue weighted by Gasteiger charge is -2.20. The van der Waals surface area contributed by atoms with Gasteiger partial charge in [0.2, 0.25) is 0 Å². The van der Waals surface area contributed by atoms with Gasteiger partial charge in [0.05, 0.1) is 0 Å². The van der Waals surface area contributed by atoms with E-state index in [9.17, 15) is 0 Å². The molecule has 1 aromatic rings. The second-order valence-corrected chi connectivity index (χ2v) is 5.08. The smallest absolute Gasteiger partial charge is 0.0459 e.